The van der Waals surface area contributed by atoms with Crippen molar-refractivity contribution in [1.82, 2.24) is 0 Å². The van der Waals surface area contributed by atoms with Crippen molar-refractivity contribution in [3.8, 4) is 5.75 Å². The van der Waals surface area contributed by atoms with Crippen LogP contribution in [0.4, 0.5) is 23.2 Å². The second-order valence-electron chi connectivity index (χ2n) is 3.37. The van der Waals surface area contributed by atoms with E-state index in [-0.39, 0.29) is 5.69 Å². The Kier molecular flexibility index (Phi) is 4.05. The standard InChI is InChI=1S/C9H9F4NO3S/c1-18(15,16)14-6-3-2-4-7(5-6)17-9(12,13)8(10)11/h2-5,8,14H,1H3. The quantitative estimate of drug-likeness (QED) is 0.845. The van der Waals surface area contributed by atoms with E-state index in [2.05, 4.69) is 4.74 Å². The van der Waals surface area contributed by atoms with Crippen molar-refractivity contribution in [2.45, 2.75) is 12.5 Å². The molecule has 1 aromatic carbocycles. The van der Waals surface area contributed by atoms with Crippen LogP contribution >= 0.6 is 0 Å². The second kappa shape index (κ2) is 5.01. The van der Waals surface area contributed by atoms with Gasteiger partial charge in [-0.1, -0.05) is 6.07 Å². The van der Waals surface area contributed by atoms with Gasteiger partial charge in [-0.2, -0.15) is 17.6 Å². The van der Waals surface area contributed by atoms with Gasteiger partial charge in [0.25, 0.3) is 0 Å². The van der Waals surface area contributed by atoms with Crippen LogP contribution in [0.15, 0.2) is 24.3 Å². The maximum absolute atomic E-state index is 12.6. The highest BCUT2D eigenvalue weighted by molar-refractivity contribution is 7.92. The van der Waals surface area contributed by atoms with Gasteiger partial charge in [-0.25, -0.2) is 8.42 Å². The number of ether oxygens (including phenoxy) is 1. The fourth-order valence-electron chi connectivity index (χ4n) is 1.04. The number of benzene rings is 1. The highest BCUT2D eigenvalue weighted by Gasteiger charge is 2.43. The molecule has 0 aliphatic heterocycles. The minimum Gasteiger partial charge on any atom is -0.428 e. The molecule has 102 valence electrons. The average molecular weight is 287 g/mol. The third-order valence-corrected chi connectivity index (χ3v) is 2.25. The fourth-order valence-corrected chi connectivity index (χ4v) is 1.59. The average Bonchev–Trinajstić information content (AvgIpc) is 2.13. The summed E-state index contributed by atoms with van der Waals surface area (Å²) in [5.41, 5.74) is -0.0694. The summed E-state index contributed by atoms with van der Waals surface area (Å²) in [5.74, 6) is -0.575. The van der Waals surface area contributed by atoms with Crippen LogP contribution in [-0.4, -0.2) is 27.2 Å². The summed E-state index contributed by atoms with van der Waals surface area (Å²) in [7, 11) is -3.60. The Bertz CT molecular complexity index is 518. The number of nitrogens with one attached hydrogen (secondary N) is 1. The Morgan fingerprint density at radius 2 is 1.94 bits per heavy atom. The molecule has 0 unspecified atom stereocenters. The highest BCUT2D eigenvalue weighted by Crippen LogP contribution is 2.28. The van der Waals surface area contributed by atoms with Gasteiger partial charge in [0, 0.05) is 6.07 Å². The maximum Gasteiger partial charge on any atom is 0.461 e. The molecule has 0 aliphatic rings. The lowest BCUT2D eigenvalue weighted by Crippen LogP contribution is -2.33. The number of anilines is 1. The molecule has 0 saturated heterocycles. The normalized spacial score (nSPS) is 12.6. The summed E-state index contributed by atoms with van der Waals surface area (Å²) in [5, 5.41) is 0. The molecule has 4 nitrogen and oxygen atoms in total. The van der Waals surface area contributed by atoms with Crippen LogP contribution in [0.25, 0.3) is 0 Å². The van der Waals surface area contributed by atoms with Gasteiger partial charge >= 0.3 is 12.5 Å². The highest BCUT2D eigenvalue weighted by atomic mass is 32.2. The van der Waals surface area contributed by atoms with E-state index in [0.29, 0.717) is 0 Å². The monoisotopic (exact) mass is 287 g/mol. The summed E-state index contributed by atoms with van der Waals surface area (Å²) < 4.78 is 76.5. The van der Waals surface area contributed by atoms with Crippen LogP contribution in [0, 0.1) is 0 Å². The van der Waals surface area contributed by atoms with E-state index in [0.717, 1.165) is 18.4 Å². The van der Waals surface area contributed by atoms with E-state index in [1.165, 1.54) is 12.1 Å². The van der Waals surface area contributed by atoms with Crippen molar-refractivity contribution >= 4 is 15.7 Å². The Morgan fingerprint density at radius 1 is 1.33 bits per heavy atom. The lowest BCUT2D eigenvalue weighted by atomic mass is 10.3. The lowest BCUT2D eigenvalue weighted by Gasteiger charge is -2.17. The van der Waals surface area contributed by atoms with Gasteiger partial charge in [-0.15, -0.1) is 0 Å². The van der Waals surface area contributed by atoms with E-state index in [4.69, 9.17) is 0 Å². The minimum absolute atomic E-state index is 0.0694. The number of halogens is 4. The van der Waals surface area contributed by atoms with Crippen molar-refractivity contribution in [2.24, 2.45) is 0 Å². The molecule has 0 spiro atoms. The molecule has 1 aromatic rings. The molecule has 9 heteroatoms. The summed E-state index contributed by atoms with van der Waals surface area (Å²) >= 11 is 0. The Hall–Kier alpha value is -1.51. The van der Waals surface area contributed by atoms with Crippen LogP contribution in [0.3, 0.4) is 0 Å². The Morgan fingerprint density at radius 3 is 2.44 bits per heavy atom. The summed E-state index contributed by atoms with van der Waals surface area (Å²) in [6.45, 7) is 0. The third-order valence-electron chi connectivity index (χ3n) is 1.65. The van der Waals surface area contributed by atoms with E-state index >= 15 is 0 Å². The van der Waals surface area contributed by atoms with E-state index < -0.39 is 28.3 Å². The minimum atomic E-state index is -4.64. The summed E-state index contributed by atoms with van der Waals surface area (Å²) in [4.78, 5) is 0. The van der Waals surface area contributed by atoms with Crippen molar-refractivity contribution < 1.29 is 30.7 Å². The molecular formula is C9H9F4NO3S. The lowest BCUT2D eigenvalue weighted by molar-refractivity contribution is -0.253. The van der Waals surface area contributed by atoms with Gasteiger partial charge < -0.3 is 4.74 Å². The molecule has 1 N–H and O–H groups in total. The molecule has 0 heterocycles. The zero-order chi connectivity index (χ0) is 14.0. The van der Waals surface area contributed by atoms with Gasteiger partial charge in [0.1, 0.15) is 5.75 Å². The van der Waals surface area contributed by atoms with Crippen LogP contribution in [0.5, 0.6) is 5.75 Å². The van der Waals surface area contributed by atoms with E-state index in [1.54, 1.807) is 0 Å². The van der Waals surface area contributed by atoms with Crippen molar-refractivity contribution in [1.29, 1.82) is 0 Å². The second-order valence-corrected chi connectivity index (χ2v) is 5.12. The van der Waals surface area contributed by atoms with Crippen molar-refractivity contribution in [3.63, 3.8) is 0 Å². The molecule has 0 aromatic heterocycles. The summed E-state index contributed by atoms with van der Waals surface area (Å²) in [6, 6.07) is 4.32. The van der Waals surface area contributed by atoms with Gasteiger partial charge in [0.2, 0.25) is 10.0 Å². The first kappa shape index (κ1) is 14.6. The van der Waals surface area contributed by atoms with E-state index in [1.807, 2.05) is 4.72 Å². The smallest absolute Gasteiger partial charge is 0.428 e. The van der Waals surface area contributed by atoms with Crippen LogP contribution in [0.2, 0.25) is 0 Å². The molecule has 0 bridgehead atoms. The Balaban J connectivity index is 2.90. The first-order valence-corrected chi connectivity index (χ1v) is 6.42. The third kappa shape index (κ3) is 4.40. The first-order chi connectivity index (χ1) is 8.10. The molecule has 18 heavy (non-hydrogen) atoms. The molecule has 0 amide bonds. The molecule has 0 radical (unpaired) electrons. The predicted octanol–water partition coefficient (Wildman–Crippen LogP) is 2.29. The van der Waals surface area contributed by atoms with Gasteiger partial charge in [-0.05, 0) is 12.1 Å². The van der Waals surface area contributed by atoms with Crippen LogP contribution < -0.4 is 9.46 Å². The molecule has 0 saturated carbocycles. The first-order valence-electron chi connectivity index (χ1n) is 4.53. The van der Waals surface area contributed by atoms with E-state index in [9.17, 15) is 26.0 Å². The number of hydrogen-bond acceptors (Lipinski definition) is 3. The molecule has 0 atom stereocenters. The zero-order valence-electron chi connectivity index (χ0n) is 9.03. The molecule has 0 fully saturated rings. The van der Waals surface area contributed by atoms with Gasteiger partial charge in [0.15, 0.2) is 0 Å². The topological polar surface area (TPSA) is 55.4 Å². The number of alkyl halides is 4. The molecular weight excluding hydrogens is 278 g/mol. The van der Waals surface area contributed by atoms with Crippen LogP contribution in [0.1, 0.15) is 0 Å². The fraction of sp³-hybridized carbons (Fsp3) is 0.333. The van der Waals surface area contributed by atoms with Crippen molar-refractivity contribution in [2.75, 3.05) is 11.0 Å². The zero-order valence-corrected chi connectivity index (χ0v) is 9.85. The molecule has 0 aliphatic carbocycles. The number of sulfonamides is 1. The Labute approximate surface area is 101 Å². The SMILES string of the molecule is CS(=O)(=O)Nc1cccc(OC(F)(F)C(F)F)c1. The largest absolute Gasteiger partial charge is 0.461 e. The predicted molar refractivity (Wildman–Crippen MR) is 56.5 cm³/mol. The number of rotatable bonds is 5. The maximum atomic E-state index is 12.6. The molecule has 1 rings (SSSR count). The van der Waals surface area contributed by atoms with Crippen LogP contribution in [-0.2, 0) is 10.0 Å². The summed E-state index contributed by atoms with van der Waals surface area (Å²) in [6.07, 6.45) is -7.76. The van der Waals surface area contributed by atoms with Crippen molar-refractivity contribution in [3.05, 3.63) is 24.3 Å². The van der Waals surface area contributed by atoms with Gasteiger partial charge in [-0.3, -0.25) is 4.72 Å². The van der Waals surface area contributed by atoms with Gasteiger partial charge in [0.05, 0.1) is 11.9 Å². The number of hydrogen-bond donors (Lipinski definition) is 1.